The van der Waals surface area contributed by atoms with Crippen LogP contribution in [0.2, 0.25) is 0 Å². The van der Waals surface area contributed by atoms with Crippen LogP contribution >= 0.6 is 31.9 Å². The fourth-order valence-corrected chi connectivity index (χ4v) is 5.29. The maximum Gasteiger partial charge on any atom is 0.347 e. The molecule has 1 aliphatic carbocycles. The Hall–Kier alpha value is -3.12. The molecule has 0 bridgehead atoms. The van der Waals surface area contributed by atoms with Crippen molar-refractivity contribution in [2.24, 2.45) is 5.10 Å². The number of rotatable bonds is 8. The molecule has 0 N–H and O–H groups in total. The molecule has 0 amide bonds. The highest BCUT2D eigenvalue weighted by molar-refractivity contribution is 9.10. The van der Waals surface area contributed by atoms with Crippen LogP contribution in [0.25, 0.3) is 10.9 Å². The maximum atomic E-state index is 13.6. The van der Waals surface area contributed by atoms with Gasteiger partial charge in [0.25, 0.3) is 5.56 Å². The van der Waals surface area contributed by atoms with Crippen LogP contribution in [0.1, 0.15) is 63.3 Å². The lowest BCUT2D eigenvalue weighted by atomic mass is 9.88. The number of fused-ring (bicyclic) bond motifs is 1. The molecule has 0 spiro atoms. The van der Waals surface area contributed by atoms with Gasteiger partial charge in [0.2, 0.25) is 5.75 Å². The summed E-state index contributed by atoms with van der Waals surface area (Å²) in [6, 6.07) is 8.17. The van der Waals surface area contributed by atoms with Crippen LogP contribution in [-0.2, 0) is 9.53 Å². The number of nitrogens with zero attached hydrogens (tertiary/aromatic N) is 4. The number of hydrogen-bond acceptors (Lipinski definition) is 8. The van der Waals surface area contributed by atoms with Gasteiger partial charge in [0, 0.05) is 26.5 Å². The topological polar surface area (TPSA) is 126 Å². The Labute approximate surface area is 235 Å². The summed E-state index contributed by atoms with van der Waals surface area (Å²) in [7, 11) is 0. The van der Waals surface area contributed by atoms with Gasteiger partial charge in [0.05, 0.1) is 28.6 Å². The predicted molar refractivity (Wildman–Crippen MR) is 150 cm³/mol. The van der Waals surface area contributed by atoms with Gasteiger partial charge < -0.3 is 9.47 Å². The molecule has 0 aliphatic heterocycles. The first kappa shape index (κ1) is 27.9. The maximum absolute atomic E-state index is 13.6. The quantitative estimate of drug-likeness (QED) is 0.125. The first-order valence-electron chi connectivity index (χ1n) is 12.3. The number of ether oxygens (including phenoxy) is 2. The van der Waals surface area contributed by atoms with Crippen molar-refractivity contribution in [3.8, 4) is 5.75 Å². The molecule has 1 aliphatic rings. The standard InChI is InChI=1S/C26H26Br2N4O6/c1-3-37-26(34)15(2)38-23-17(11-19(28)13-22(23)32(35)36)14-29-31-24(16-7-5-4-6-8-16)30-21-10-9-18(27)12-20(21)25(31)33/h9-16H,3-8H2,1-2H3/t15-/m0/s1. The summed E-state index contributed by atoms with van der Waals surface area (Å²) in [6.07, 6.45) is 5.18. The van der Waals surface area contributed by atoms with Crippen molar-refractivity contribution in [2.75, 3.05) is 6.61 Å². The first-order valence-corrected chi connectivity index (χ1v) is 13.9. The van der Waals surface area contributed by atoms with E-state index in [1.807, 2.05) is 6.07 Å². The Morgan fingerprint density at radius 2 is 1.97 bits per heavy atom. The first-order chi connectivity index (χ1) is 18.2. The molecule has 1 fully saturated rings. The van der Waals surface area contributed by atoms with E-state index in [1.54, 1.807) is 25.1 Å². The second-order valence-corrected chi connectivity index (χ2v) is 10.8. The summed E-state index contributed by atoms with van der Waals surface area (Å²) < 4.78 is 13.1. The lowest BCUT2D eigenvalue weighted by Gasteiger charge is -2.22. The molecule has 1 atom stereocenters. The van der Waals surface area contributed by atoms with Gasteiger partial charge >= 0.3 is 11.7 Å². The van der Waals surface area contributed by atoms with Crippen molar-refractivity contribution >= 4 is 60.6 Å². The number of halogens is 2. The van der Waals surface area contributed by atoms with Gasteiger partial charge in [-0.3, -0.25) is 14.9 Å². The van der Waals surface area contributed by atoms with E-state index in [2.05, 4.69) is 37.0 Å². The summed E-state index contributed by atoms with van der Waals surface area (Å²) in [5, 5.41) is 16.7. The van der Waals surface area contributed by atoms with Crippen LogP contribution in [0.3, 0.4) is 0 Å². The fraction of sp³-hybridized carbons (Fsp3) is 0.385. The van der Waals surface area contributed by atoms with Crippen molar-refractivity contribution in [3.05, 3.63) is 71.1 Å². The number of aromatic nitrogens is 2. The zero-order chi connectivity index (χ0) is 27.4. The lowest BCUT2D eigenvalue weighted by molar-refractivity contribution is -0.386. The van der Waals surface area contributed by atoms with Gasteiger partial charge in [0.1, 0.15) is 5.82 Å². The molecule has 38 heavy (non-hydrogen) atoms. The number of carbonyl (C=O) groups is 1. The van der Waals surface area contributed by atoms with E-state index < -0.39 is 17.0 Å². The summed E-state index contributed by atoms with van der Waals surface area (Å²) in [6.45, 7) is 3.24. The average Bonchev–Trinajstić information content (AvgIpc) is 2.89. The molecule has 3 aromatic rings. The van der Waals surface area contributed by atoms with Crippen molar-refractivity contribution in [1.29, 1.82) is 0 Å². The van der Waals surface area contributed by atoms with Crippen molar-refractivity contribution in [3.63, 3.8) is 0 Å². The van der Waals surface area contributed by atoms with E-state index in [-0.39, 0.29) is 35.1 Å². The number of benzene rings is 2. The molecule has 1 aromatic heterocycles. The Kier molecular flexibility index (Phi) is 8.93. The largest absolute Gasteiger partial charge is 0.471 e. The Morgan fingerprint density at radius 3 is 2.66 bits per heavy atom. The highest BCUT2D eigenvalue weighted by Crippen LogP contribution is 2.35. The molecular formula is C26H26Br2N4O6. The third-order valence-electron chi connectivity index (χ3n) is 6.29. The molecular weight excluding hydrogens is 624 g/mol. The second kappa shape index (κ2) is 12.2. The molecule has 2 aromatic carbocycles. The van der Waals surface area contributed by atoms with Crippen molar-refractivity contribution in [1.82, 2.24) is 9.66 Å². The molecule has 4 rings (SSSR count). The monoisotopic (exact) mass is 648 g/mol. The molecule has 10 nitrogen and oxygen atoms in total. The van der Waals surface area contributed by atoms with E-state index in [9.17, 15) is 19.7 Å². The second-order valence-electron chi connectivity index (χ2n) is 8.94. The lowest BCUT2D eigenvalue weighted by Crippen LogP contribution is -2.27. The third-order valence-corrected chi connectivity index (χ3v) is 7.24. The van der Waals surface area contributed by atoms with E-state index in [1.165, 1.54) is 23.9 Å². The number of hydrogen-bond donors (Lipinski definition) is 0. The fourth-order valence-electron chi connectivity index (χ4n) is 4.47. The average molecular weight is 650 g/mol. The summed E-state index contributed by atoms with van der Waals surface area (Å²) in [4.78, 5) is 41.8. The van der Waals surface area contributed by atoms with Crippen LogP contribution in [0.5, 0.6) is 5.75 Å². The minimum absolute atomic E-state index is 0.0537. The minimum atomic E-state index is -1.11. The minimum Gasteiger partial charge on any atom is -0.471 e. The van der Waals surface area contributed by atoms with Gasteiger partial charge in [-0.25, -0.2) is 9.78 Å². The van der Waals surface area contributed by atoms with E-state index in [4.69, 9.17) is 14.5 Å². The van der Waals surface area contributed by atoms with Crippen LogP contribution in [0, 0.1) is 10.1 Å². The molecule has 1 heterocycles. The van der Waals surface area contributed by atoms with Gasteiger partial charge in [-0.15, -0.1) is 0 Å². The number of nitro benzene ring substituents is 1. The molecule has 0 radical (unpaired) electrons. The summed E-state index contributed by atoms with van der Waals surface area (Å²) >= 11 is 6.70. The number of esters is 1. The third kappa shape index (κ3) is 6.12. The highest BCUT2D eigenvalue weighted by atomic mass is 79.9. The van der Waals surface area contributed by atoms with Gasteiger partial charge in [0.15, 0.2) is 6.10 Å². The molecule has 200 valence electrons. The summed E-state index contributed by atoms with van der Waals surface area (Å²) in [5.74, 6) is -0.218. The summed E-state index contributed by atoms with van der Waals surface area (Å²) in [5.41, 5.74) is 0.0750. The van der Waals surface area contributed by atoms with Gasteiger partial charge in [-0.05, 0) is 51.0 Å². The van der Waals surface area contributed by atoms with Crippen LogP contribution in [-0.4, -0.2) is 39.5 Å². The van der Waals surface area contributed by atoms with Gasteiger partial charge in [-0.1, -0.05) is 51.1 Å². The van der Waals surface area contributed by atoms with Crippen LogP contribution in [0.4, 0.5) is 5.69 Å². The SMILES string of the molecule is CCOC(=O)[C@H](C)Oc1c(C=Nn2c(C3CCCCC3)nc3ccc(Br)cc3c2=O)cc(Br)cc1[N+](=O)[O-]. The van der Waals surface area contributed by atoms with Crippen LogP contribution < -0.4 is 10.3 Å². The Morgan fingerprint density at radius 1 is 1.24 bits per heavy atom. The van der Waals surface area contributed by atoms with Crippen molar-refractivity contribution < 1.29 is 19.2 Å². The highest BCUT2D eigenvalue weighted by Gasteiger charge is 2.26. The van der Waals surface area contributed by atoms with Crippen LogP contribution in [0.15, 0.2) is 49.2 Å². The smallest absolute Gasteiger partial charge is 0.347 e. The normalized spacial score (nSPS) is 15.1. The van der Waals surface area contributed by atoms with Gasteiger partial charge in [-0.2, -0.15) is 9.78 Å². The zero-order valence-electron chi connectivity index (χ0n) is 20.9. The Balaban J connectivity index is 1.86. The molecule has 12 heteroatoms. The zero-order valence-corrected chi connectivity index (χ0v) is 24.0. The molecule has 0 saturated heterocycles. The van der Waals surface area contributed by atoms with E-state index in [0.717, 1.165) is 36.6 Å². The molecule has 0 unspecified atom stereocenters. The molecule has 1 saturated carbocycles. The van der Waals surface area contributed by atoms with E-state index in [0.29, 0.717) is 21.2 Å². The van der Waals surface area contributed by atoms with Crippen molar-refractivity contribution in [2.45, 2.75) is 58.0 Å². The number of carbonyl (C=O) groups excluding carboxylic acids is 1. The van der Waals surface area contributed by atoms with E-state index >= 15 is 0 Å². The number of nitro groups is 1. The predicted octanol–water partition coefficient (Wildman–Crippen LogP) is 6.09. The Bertz CT molecular complexity index is 1470.